The molecule has 0 unspecified atom stereocenters. The molecule has 1 aliphatic heterocycles. The molecule has 3 nitrogen and oxygen atoms in total. The van der Waals surface area contributed by atoms with E-state index in [1.165, 1.54) is 22.3 Å². The molecule has 2 aromatic carbocycles. The Morgan fingerprint density at radius 1 is 0.957 bits per heavy atom. The van der Waals surface area contributed by atoms with E-state index in [9.17, 15) is 0 Å². The van der Waals surface area contributed by atoms with Gasteiger partial charge in [-0.2, -0.15) is 0 Å². The Hall–Kier alpha value is -2.00. The van der Waals surface area contributed by atoms with Gasteiger partial charge in [-0.3, -0.25) is 0 Å². The zero-order valence-corrected chi connectivity index (χ0v) is 13.9. The van der Waals surface area contributed by atoms with Crippen molar-refractivity contribution in [1.29, 1.82) is 0 Å². The Balaban J connectivity index is 1.91. The summed E-state index contributed by atoms with van der Waals surface area (Å²) in [5.41, 5.74) is 5.63. The van der Waals surface area contributed by atoms with Crippen molar-refractivity contribution in [3.63, 3.8) is 0 Å². The molecule has 0 amide bonds. The van der Waals surface area contributed by atoms with E-state index in [1.54, 1.807) is 14.2 Å². The summed E-state index contributed by atoms with van der Waals surface area (Å²) < 4.78 is 11.1. The van der Waals surface area contributed by atoms with E-state index in [-0.39, 0.29) is 0 Å². The third-order valence-electron chi connectivity index (χ3n) is 5.41. The summed E-state index contributed by atoms with van der Waals surface area (Å²) in [5.74, 6) is 2.63. The van der Waals surface area contributed by atoms with Gasteiger partial charge in [-0.1, -0.05) is 31.2 Å². The molecule has 1 N–H and O–H groups in total. The SMILES string of the molecule is COc1cc2c(cc1OC)[C@H]1c3ccccc3CN[C@@H]1[C@H](C)C2. The summed E-state index contributed by atoms with van der Waals surface area (Å²) in [5, 5.41) is 3.76. The highest BCUT2D eigenvalue weighted by atomic mass is 16.5. The van der Waals surface area contributed by atoms with Gasteiger partial charge in [0.25, 0.3) is 0 Å². The van der Waals surface area contributed by atoms with Crippen LogP contribution >= 0.6 is 0 Å². The van der Waals surface area contributed by atoms with Gasteiger partial charge in [0.2, 0.25) is 0 Å². The summed E-state index contributed by atoms with van der Waals surface area (Å²) in [6.45, 7) is 3.31. The molecule has 23 heavy (non-hydrogen) atoms. The second-order valence-corrected chi connectivity index (χ2v) is 6.67. The van der Waals surface area contributed by atoms with Gasteiger partial charge < -0.3 is 14.8 Å². The highest BCUT2D eigenvalue weighted by Gasteiger charge is 2.39. The number of rotatable bonds is 2. The zero-order valence-electron chi connectivity index (χ0n) is 13.9. The second kappa shape index (κ2) is 5.57. The Kier molecular flexibility index (Phi) is 3.53. The minimum atomic E-state index is 0.388. The molecule has 4 rings (SSSR count). The van der Waals surface area contributed by atoms with Crippen molar-refractivity contribution in [3.8, 4) is 11.5 Å². The van der Waals surface area contributed by atoms with Crippen LogP contribution in [0.25, 0.3) is 0 Å². The lowest BCUT2D eigenvalue weighted by Crippen LogP contribution is -2.47. The van der Waals surface area contributed by atoms with Crippen molar-refractivity contribution >= 4 is 0 Å². The molecule has 0 fully saturated rings. The van der Waals surface area contributed by atoms with E-state index in [4.69, 9.17) is 9.47 Å². The van der Waals surface area contributed by atoms with Crippen LogP contribution in [0, 0.1) is 5.92 Å². The van der Waals surface area contributed by atoms with Crippen molar-refractivity contribution in [2.75, 3.05) is 14.2 Å². The van der Waals surface area contributed by atoms with Crippen LogP contribution in [-0.2, 0) is 13.0 Å². The summed E-state index contributed by atoms with van der Waals surface area (Å²) in [4.78, 5) is 0. The van der Waals surface area contributed by atoms with E-state index >= 15 is 0 Å². The van der Waals surface area contributed by atoms with Crippen LogP contribution < -0.4 is 14.8 Å². The largest absolute Gasteiger partial charge is 0.493 e. The van der Waals surface area contributed by atoms with Crippen molar-refractivity contribution in [1.82, 2.24) is 5.32 Å². The predicted octanol–water partition coefficient (Wildman–Crippen LogP) is 3.50. The molecule has 3 heteroatoms. The van der Waals surface area contributed by atoms with E-state index < -0.39 is 0 Å². The average Bonchev–Trinajstić information content (AvgIpc) is 2.60. The molecule has 0 aromatic heterocycles. The Morgan fingerprint density at radius 2 is 1.70 bits per heavy atom. The molecule has 0 bridgehead atoms. The summed E-state index contributed by atoms with van der Waals surface area (Å²) in [6, 6.07) is 13.6. The van der Waals surface area contributed by atoms with Gasteiger partial charge in [0.15, 0.2) is 11.5 Å². The molecule has 0 saturated carbocycles. The Bertz CT molecular complexity index is 740. The van der Waals surface area contributed by atoms with Crippen molar-refractivity contribution in [2.45, 2.75) is 31.8 Å². The van der Waals surface area contributed by atoms with Gasteiger partial charge in [-0.25, -0.2) is 0 Å². The number of benzene rings is 2. The molecule has 2 aromatic rings. The van der Waals surface area contributed by atoms with E-state index in [2.05, 4.69) is 48.6 Å². The third-order valence-corrected chi connectivity index (χ3v) is 5.41. The summed E-state index contributed by atoms with van der Waals surface area (Å²) >= 11 is 0. The highest BCUT2D eigenvalue weighted by molar-refractivity contribution is 5.54. The van der Waals surface area contributed by atoms with E-state index in [0.29, 0.717) is 17.9 Å². The first-order chi connectivity index (χ1) is 11.2. The lowest BCUT2D eigenvalue weighted by molar-refractivity contribution is 0.302. The normalized spacial score (nSPS) is 25.1. The molecule has 0 spiro atoms. The number of ether oxygens (including phenoxy) is 2. The van der Waals surface area contributed by atoms with Crippen LogP contribution in [0.2, 0.25) is 0 Å². The lowest BCUT2D eigenvalue weighted by Gasteiger charge is -2.43. The van der Waals surface area contributed by atoms with E-state index in [1.807, 2.05) is 0 Å². The van der Waals surface area contributed by atoms with Crippen LogP contribution in [0.5, 0.6) is 11.5 Å². The number of methoxy groups -OCH3 is 2. The Labute approximate surface area is 137 Å². The van der Waals surface area contributed by atoms with Gasteiger partial charge in [-0.05, 0) is 46.7 Å². The molecule has 0 radical (unpaired) electrons. The highest BCUT2D eigenvalue weighted by Crippen LogP contribution is 2.46. The third kappa shape index (κ3) is 2.22. The molecule has 0 saturated heterocycles. The number of nitrogens with one attached hydrogen (secondary N) is 1. The molecule has 1 heterocycles. The van der Waals surface area contributed by atoms with Crippen LogP contribution in [-0.4, -0.2) is 20.3 Å². The fourth-order valence-corrected chi connectivity index (χ4v) is 4.31. The zero-order chi connectivity index (χ0) is 16.0. The maximum absolute atomic E-state index is 5.55. The van der Waals surface area contributed by atoms with Crippen molar-refractivity contribution in [3.05, 3.63) is 58.7 Å². The number of fused-ring (bicyclic) bond motifs is 5. The summed E-state index contributed by atoms with van der Waals surface area (Å²) in [6.07, 6.45) is 1.08. The summed E-state index contributed by atoms with van der Waals surface area (Å²) in [7, 11) is 3.41. The first-order valence-electron chi connectivity index (χ1n) is 8.29. The van der Waals surface area contributed by atoms with Crippen molar-refractivity contribution < 1.29 is 9.47 Å². The van der Waals surface area contributed by atoms with Gasteiger partial charge >= 0.3 is 0 Å². The van der Waals surface area contributed by atoms with E-state index in [0.717, 1.165) is 24.5 Å². The maximum Gasteiger partial charge on any atom is 0.161 e. The quantitative estimate of drug-likeness (QED) is 0.921. The lowest BCUT2D eigenvalue weighted by atomic mass is 9.68. The minimum absolute atomic E-state index is 0.388. The van der Waals surface area contributed by atoms with Crippen molar-refractivity contribution in [2.24, 2.45) is 5.92 Å². The fraction of sp³-hybridized carbons (Fsp3) is 0.400. The number of hydrogen-bond donors (Lipinski definition) is 1. The smallest absolute Gasteiger partial charge is 0.161 e. The molecule has 3 atom stereocenters. The first-order valence-corrected chi connectivity index (χ1v) is 8.29. The van der Waals surface area contributed by atoms with Gasteiger partial charge in [0.05, 0.1) is 14.2 Å². The van der Waals surface area contributed by atoms with Crippen LogP contribution in [0.15, 0.2) is 36.4 Å². The first kappa shape index (κ1) is 14.6. The van der Waals surface area contributed by atoms with Gasteiger partial charge in [-0.15, -0.1) is 0 Å². The molecule has 1 aliphatic carbocycles. The van der Waals surface area contributed by atoms with Gasteiger partial charge in [0.1, 0.15) is 0 Å². The Morgan fingerprint density at radius 3 is 2.48 bits per heavy atom. The fourth-order valence-electron chi connectivity index (χ4n) is 4.31. The standard InChI is InChI=1S/C20H23NO2/c1-12-8-14-9-17(22-2)18(23-3)10-16(14)19-15-7-5-4-6-13(15)11-21-20(12)19/h4-7,9-10,12,19-21H,8,11H2,1-3H3/t12-,19-,20-/m1/s1. The topological polar surface area (TPSA) is 30.5 Å². The maximum atomic E-state index is 5.55. The van der Waals surface area contributed by atoms with Crippen LogP contribution in [0.4, 0.5) is 0 Å². The average molecular weight is 309 g/mol. The van der Waals surface area contributed by atoms with Crippen LogP contribution in [0.1, 0.15) is 35.1 Å². The minimum Gasteiger partial charge on any atom is -0.493 e. The molecule has 2 aliphatic rings. The van der Waals surface area contributed by atoms with Gasteiger partial charge in [0, 0.05) is 18.5 Å². The molecular formula is C20H23NO2. The predicted molar refractivity (Wildman–Crippen MR) is 91.3 cm³/mol. The second-order valence-electron chi connectivity index (χ2n) is 6.67. The molecular weight excluding hydrogens is 286 g/mol. The molecule has 120 valence electrons. The number of hydrogen-bond acceptors (Lipinski definition) is 3. The monoisotopic (exact) mass is 309 g/mol. The van der Waals surface area contributed by atoms with Crippen LogP contribution in [0.3, 0.4) is 0 Å².